The van der Waals surface area contributed by atoms with Gasteiger partial charge in [-0.25, -0.2) is 0 Å². The SMILES string of the molecule is CC(C)(CCCCN1CCCC(C(F)(F)F)C1)C(=N)N. The molecule has 0 aromatic rings. The van der Waals surface area contributed by atoms with Crippen LogP contribution in [-0.4, -0.2) is 36.5 Å². The fraction of sp³-hybridized carbons (Fsp3) is 0.929. The van der Waals surface area contributed by atoms with E-state index in [2.05, 4.69) is 0 Å². The fourth-order valence-electron chi connectivity index (χ4n) is 2.56. The Morgan fingerprint density at radius 2 is 1.95 bits per heavy atom. The van der Waals surface area contributed by atoms with E-state index in [4.69, 9.17) is 11.1 Å². The fourth-order valence-corrected chi connectivity index (χ4v) is 2.56. The predicted octanol–water partition coefficient (Wildman–Crippen LogP) is 3.39. The molecular weight excluding hydrogens is 267 g/mol. The van der Waals surface area contributed by atoms with Gasteiger partial charge in [-0.3, -0.25) is 5.41 Å². The normalized spacial score (nSPS) is 21.9. The van der Waals surface area contributed by atoms with Crippen LogP contribution in [-0.2, 0) is 0 Å². The molecule has 0 aliphatic carbocycles. The van der Waals surface area contributed by atoms with Crippen LogP contribution in [0.4, 0.5) is 13.2 Å². The molecule has 1 atom stereocenters. The highest BCUT2D eigenvalue weighted by atomic mass is 19.4. The molecule has 1 heterocycles. The minimum Gasteiger partial charge on any atom is -0.387 e. The van der Waals surface area contributed by atoms with Crippen molar-refractivity contribution in [2.75, 3.05) is 19.6 Å². The van der Waals surface area contributed by atoms with Gasteiger partial charge in [-0.1, -0.05) is 20.3 Å². The van der Waals surface area contributed by atoms with Crippen molar-refractivity contribution in [1.82, 2.24) is 4.90 Å². The number of hydrogen-bond donors (Lipinski definition) is 2. The average Bonchev–Trinajstić information content (AvgIpc) is 2.34. The van der Waals surface area contributed by atoms with E-state index in [0.717, 1.165) is 25.8 Å². The van der Waals surface area contributed by atoms with E-state index in [1.165, 1.54) is 0 Å². The number of nitrogens with two attached hydrogens (primary N) is 1. The van der Waals surface area contributed by atoms with Gasteiger partial charge in [-0.2, -0.15) is 13.2 Å². The van der Waals surface area contributed by atoms with Gasteiger partial charge in [0.05, 0.1) is 11.8 Å². The Morgan fingerprint density at radius 1 is 1.30 bits per heavy atom. The van der Waals surface area contributed by atoms with E-state index < -0.39 is 12.1 Å². The first-order valence-electron chi connectivity index (χ1n) is 7.26. The third-order valence-corrected chi connectivity index (χ3v) is 4.22. The summed E-state index contributed by atoms with van der Waals surface area (Å²) in [4.78, 5) is 1.92. The minimum absolute atomic E-state index is 0.138. The van der Waals surface area contributed by atoms with Crippen LogP contribution in [0.15, 0.2) is 0 Å². The minimum atomic E-state index is -4.06. The summed E-state index contributed by atoms with van der Waals surface area (Å²) in [6.45, 7) is 5.47. The zero-order chi connectivity index (χ0) is 15.4. The average molecular weight is 293 g/mol. The van der Waals surface area contributed by atoms with Gasteiger partial charge in [-0.05, 0) is 38.8 Å². The molecule has 3 N–H and O–H groups in total. The summed E-state index contributed by atoms with van der Waals surface area (Å²) in [7, 11) is 0. The molecule has 1 aliphatic rings. The molecule has 1 rings (SSSR count). The maximum Gasteiger partial charge on any atom is 0.393 e. The van der Waals surface area contributed by atoms with Crippen LogP contribution in [0.3, 0.4) is 0 Å². The summed E-state index contributed by atoms with van der Waals surface area (Å²) in [5.41, 5.74) is 5.20. The van der Waals surface area contributed by atoms with Crippen LogP contribution in [0, 0.1) is 16.7 Å². The van der Waals surface area contributed by atoms with Gasteiger partial charge < -0.3 is 10.6 Å². The van der Waals surface area contributed by atoms with E-state index >= 15 is 0 Å². The van der Waals surface area contributed by atoms with E-state index in [1.807, 2.05) is 18.7 Å². The highest BCUT2D eigenvalue weighted by Gasteiger charge is 2.41. The quantitative estimate of drug-likeness (QED) is 0.448. The Bertz CT molecular complexity index is 326. The number of nitrogens with zero attached hydrogens (tertiary/aromatic N) is 1. The van der Waals surface area contributed by atoms with Crippen molar-refractivity contribution in [3.63, 3.8) is 0 Å². The third kappa shape index (κ3) is 5.31. The third-order valence-electron chi connectivity index (χ3n) is 4.22. The van der Waals surface area contributed by atoms with E-state index in [-0.39, 0.29) is 24.2 Å². The standard InChI is InChI=1S/C14H26F3N3/c1-13(2,12(18)19)7-3-4-8-20-9-5-6-11(10-20)14(15,16)17/h11H,3-10H2,1-2H3,(H3,18,19). The molecule has 0 saturated carbocycles. The number of amidine groups is 1. The summed E-state index contributed by atoms with van der Waals surface area (Å²) in [6.07, 6.45) is -0.615. The Kier molecular flexibility index (Phi) is 5.86. The topological polar surface area (TPSA) is 53.1 Å². The van der Waals surface area contributed by atoms with E-state index in [1.54, 1.807) is 0 Å². The molecule has 0 radical (unpaired) electrons. The summed E-state index contributed by atoms with van der Waals surface area (Å²) in [6, 6.07) is 0. The molecule has 1 fully saturated rings. The Morgan fingerprint density at radius 3 is 2.50 bits per heavy atom. The second-order valence-corrected chi connectivity index (χ2v) is 6.44. The van der Waals surface area contributed by atoms with Crippen molar-refractivity contribution in [3.05, 3.63) is 0 Å². The van der Waals surface area contributed by atoms with Crippen LogP contribution >= 0.6 is 0 Å². The maximum atomic E-state index is 12.7. The van der Waals surface area contributed by atoms with Gasteiger partial charge in [0.1, 0.15) is 0 Å². The van der Waals surface area contributed by atoms with Crippen LogP contribution in [0.2, 0.25) is 0 Å². The van der Waals surface area contributed by atoms with Crippen molar-refractivity contribution < 1.29 is 13.2 Å². The molecule has 0 spiro atoms. The number of likely N-dealkylation sites (tertiary alicyclic amines) is 1. The van der Waals surface area contributed by atoms with Gasteiger partial charge in [0, 0.05) is 12.0 Å². The predicted molar refractivity (Wildman–Crippen MR) is 74.8 cm³/mol. The van der Waals surface area contributed by atoms with Gasteiger partial charge in [-0.15, -0.1) is 0 Å². The second-order valence-electron chi connectivity index (χ2n) is 6.44. The lowest BCUT2D eigenvalue weighted by atomic mass is 9.86. The van der Waals surface area contributed by atoms with Crippen LogP contribution < -0.4 is 5.73 Å². The molecule has 0 aromatic carbocycles. The summed E-state index contributed by atoms with van der Waals surface area (Å²) in [5, 5.41) is 7.47. The van der Waals surface area contributed by atoms with Crippen molar-refractivity contribution in [2.24, 2.45) is 17.1 Å². The number of nitrogens with one attached hydrogen (secondary N) is 1. The van der Waals surface area contributed by atoms with Crippen molar-refractivity contribution in [1.29, 1.82) is 5.41 Å². The van der Waals surface area contributed by atoms with Crippen molar-refractivity contribution in [2.45, 2.75) is 52.1 Å². The maximum absolute atomic E-state index is 12.7. The molecular formula is C14H26F3N3. The van der Waals surface area contributed by atoms with Crippen LogP contribution in [0.5, 0.6) is 0 Å². The number of piperidine rings is 1. The number of hydrogen-bond acceptors (Lipinski definition) is 2. The Labute approximate surface area is 119 Å². The first kappa shape index (κ1) is 17.3. The second kappa shape index (κ2) is 6.78. The Balaban J connectivity index is 2.27. The van der Waals surface area contributed by atoms with Gasteiger partial charge >= 0.3 is 6.18 Å². The van der Waals surface area contributed by atoms with Gasteiger partial charge in [0.15, 0.2) is 0 Å². The monoisotopic (exact) mass is 293 g/mol. The highest BCUT2D eigenvalue weighted by Crippen LogP contribution is 2.33. The molecule has 20 heavy (non-hydrogen) atoms. The number of rotatable bonds is 6. The molecule has 1 saturated heterocycles. The zero-order valence-electron chi connectivity index (χ0n) is 12.4. The summed E-state index contributed by atoms with van der Waals surface area (Å²) in [5.74, 6) is -0.988. The molecule has 1 unspecified atom stereocenters. The smallest absolute Gasteiger partial charge is 0.387 e. The lowest BCUT2D eigenvalue weighted by molar-refractivity contribution is -0.186. The van der Waals surface area contributed by atoms with Crippen LogP contribution in [0.1, 0.15) is 46.0 Å². The molecule has 118 valence electrons. The van der Waals surface area contributed by atoms with E-state index in [0.29, 0.717) is 13.0 Å². The lowest BCUT2D eigenvalue weighted by Crippen LogP contribution is -2.42. The van der Waals surface area contributed by atoms with Crippen molar-refractivity contribution >= 4 is 5.84 Å². The van der Waals surface area contributed by atoms with E-state index in [9.17, 15) is 13.2 Å². The largest absolute Gasteiger partial charge is 0.393 e. The molecule has 1 aliphatic heterocycles. The number of unbranched alkanes of at least 4 members (excludes halogenated alkanes) is 1. The van der Waals surface area contributed by atoms with Gasteiger partial charge in [0.25, 0.3) is 0 Å². The van der Waals surface area contributed by atoms with Crippen LogP contribution in [0.25, 0.3) is 0 Å². The highest BCUT2D eigenvalue weighted by molar-refractivity contribution is 5.82. The first-order chi connectivity index (χ1) is 9.13. The molecule has 3 nitrogen and oxygen atoms in total. The molecule has 0 amide bonds. The summed E-state index contributed by atoms with van der Waals surface area (Å²) < 4.78 is 38.1. The van der Waals surface area contributed by atoms with Crippen molar-refractivity contribution in [3.8, 4) is 0 Å². The first-order valence-corrected chi connectivity index (χ1v) is 7.26. The van der Waals surface area contributed by atoms with Gasteiger partial charge in [0.2, 0.25) is 0 Å². The lowest BCUT2D eigenvalue weighted by Gasteiger charge is -2.33. The molecule has 6 heteroatoms. The number of halogens is 3. The molecule has 0 bridgehead atoms. The summed E-state index contributed by atoms with van der Waals surface area (Å²) >= 11 is 0. The molecule has 0 aromatic heterocycles. The zero-order valence-corrected chi connectivity index (χ0v) is 12.4. The Hall–Kier alpha value is -0.780. The number of alkyl halides is 3.